The molecular weight excluding hydrogens is 312 g/mol. The molecule has 0 aromatic carbocycles. The summed E-state index contributed by atoms with van der Waals surface area (Å²) >= 11 is 0. The van der Waals surface area contributed by atoms with Gasteiger partial charge in [0.15, 0.2) is 0 Å². The molecule has 0 unspecified atom stereocenters. The van der Waals surface area contributed by atoms with E-state index in [2.05, 4.69) is 9.78 Å². The van der Waals surface area contributed by atoms with Crippen LogP contribution in [0, 0.1) is 22.7 Å². The molecule has 6 nitrogen and oxygen atoms in total. The van der Waals surface area contributed by atoms with Gasteiger partial charge in [-0.05, 0) is 27.7 Å². The van der Waals surface area contributed by atoms with Gasteiger partial charge in [-0.15, -0.1) is 0 Å². The predicted octanol–water partition coefficient (Wildman–Crippen LogP) is 3.27. The second-order valence-electron chi connectivity index (χ2n) is 8.10. The molecule has 0 aliphatic carbocycles. The normalized spacial score (nSPS) is 12.2. The van der Waals surface area contributed by atoms with Gasteiger partial charge in [-0.2, -0.15) is 0 Å². The summed E-state index contributed by atoms with van der Waals surface area (Å²) in [6.45, 7) is 13.2. The minimum Gasteiger partial charge on any atom is -0.299 e. The van der Waals surface area contributed by atoms with Crippen LogP contribution in [0.1, 0.15) is 68.2 Å². The first kappa shape index (κ1) is 22.3. The Labute approximate surface area is 144 Å². The highest BCUT2D eigenvalue weighted by atomic mass is 17.2. The molecule has 0 N–H and O–H groups in total. The van der Waals surface area contributed by atoms with Crippen molar-refractivity contribution in [2.75, 3.05) is 0 Å². The van der Waals surface area contributed by atoms with Gasteiger partial charge in [0.05, 0.1) is 10.8 Å². The van der Waals surface area contributed by atoms with Crippen molar-refractivity contribution in [3.8, 4) is 0 Å². The first-order valence-corrected chi connectivity index (χ1v) is 8.19. The topological polar surface area (TPSA) is 86.7 Å². The fourth-order valence-electron chi connectivity index (χ4n) is 1.73. The van der Waals surface area contributed by atoms with Crippen molar-refractivity contribution >= 4 is 23.5 Å². The van der Waals surface area contributed by atoms with Crippen LogP contribution in [-0.2, 0) is 29.0 Å². The first-order chi connectivity index (χ1) is 10.7. The maximum atomic E-state index is 12.1. The Hall–Kier alpha value is -1.72. The van der Waals surface area contributed by atoms with E-state index >= 15 is 0 Å². The maximum Gasteiger partial charge on any atom is 0.361 e. The summed E-state index contributed by atoms with van der Waals surface area (Å²) in [5.41, 5.74) is -2.20. The van der Waals surface area contributed by atoms with Gasteiger partial charge >= 0.3 is 11.9 Å². The van der Waals surface area contributed by atoms with Crippen LogP contribution in [0.3, 0.4) is 0 Å². The number of rotatable bonds is 8. The molecular formula is C18H30O6. The lowest BCUT2D eigenvalue weighted by atomic mass is 9.84. The third-order valence-electron chi connectivity index (χ3n) is 3.82. The quantitative estimate of drug-likeness (QED) is 0.497. The molecule has 0 rings (SSSR count). The lowest BCUT2D eigenvalue weighted by Crippen LogP contribution is -2.35. The van der Waals surface area contributed by atoms with E-state index in [1.54, 1.807) is 55.4 Å². The number of Topliss-reactive ketones (excluding diaryl/α,β-unsaturated/α-hetero) is 2. The lowest BCUT2D eigenvalue weighted by molar-refractivity contribution is -0.271. The average Bonchev–Trinajstić information content (AvgIpc) is 2.42. The molecule has 24 heavy (non-hydrogen) atoms. The summed E-state index contributed by atoms with van der Waals surface area (Å²) in [5, 5.41) is 0. The van der Waals surface area contributed by atoms with Crippen molar-refractivity contribution in [2.24, 2.45) is 22.7 Å². The zero-order valence-corrected chi connectivity index (χ0v) is 16.0. The molecule has 0 saturated heterocycles. The number of carbonyl (C=O) groups is 4. The molecule has 0 spiro atoms. The largest absolute Gasteiger partial charge is 0.361 e. The molecule has 0 aromatic heterocycles. The Morgan fingerprint density at radius 2 is 0.917 bits per heavy atom. The Morgan fingerprint density at radius 3 is 1.12 bits per heavy atom. The standard InChI is InChI=1S/C18H30O6/c1-11(2)13(19)9-17(5,6)15(21)23-24-16(22)18(7,8)10-14(20)12(3)4/h11-12H,9-10H2,1-8H3. The van der Waals surface area contributed by atoms with Gasteiger partial charge in [-0.25, -0.2) is 19.4 Å². The van der Waals surface area contributed by atoms with E-state index in [0.717, 1.165) is 0 Å². The molecule has 0 amide bonds. The lowest BCUT2D eigenvalue weighted by Gasteiger charge is -2.24. The van der Waals surface area contributed by atoms with E-state index in [-0.39, 0.29) is 36.2 Å². The molecule has 0 aliphatic heterocycles. The van der Waals surface area contributed by atoms with Crippen molar-refractivity contribution < 1.29 is 29.0 Å². The molecule has 0 aromatic rings. The monoisotopic (exact) mass is 342 g/mol. The minimum atomic E-state index is -1.10. The molecule has 0 atom stereocenters. The Kier molecular flexibility index (Phi) is 7.80. The Morgan fingerprint density at radius 1 is 0.667 bits per heavy atom. The summed E-state index contributed by atoms with van der Waals surface area (Å²) in [6.07, 6.45) is -0.00738. The zero-order chi connectivity index (χ0) is 19.3. The molecule has 0 saturated carbocycles. The van der Waals surface area contributed by atoms with Crippen molar-refractivity contribution in [1.82, 2.24) is 0 Å². The number of ketones is 2. The van der Waals surface area contributed by atoms with Crippen LogP contribution in [-0.4, -0.2) is 23.5 Å². The smallest absolute Gasteiger partial charge is 0.299 e. The second-order valence-corrected chi connectivity index (χ2v) is 8.10. The second kappa shape index (κ2) is 8.40. The Bertz CT molecular complexity index is 454. The van der Waals surface area contributed by atoms with Gasteiger partial charge in [-0.3, -0.25) is 9.59 Å². The third kappa shape index (κ3) is 6.81. The molecule has 6 heteroatoms. The van der Waals surface area contributed by atoms with E-state index in [1.807, 2.05) is 0 Å². The summed E-state index contributed by atoms with van der Waals surface area (Å²) in [5.74, 6) is -2.13. The van der Waals surface area contributed by atoms with Gasteiger partial charge < -0.3 is 0 Å². The molecule has 0 heterocycles. The molecule has 0 bridgehead atoms. The molecule has 0 fully saturated rings. The van der Waals surface area contributed by atoms with Gasteiger partial charge in [0.1, 0.15) is 11.6 Å². The average molecular weight is 342 g/mol. The highest BCUT2D eigenvalue weighted by Crippen LogP contribution is 2.27. The summed E-state index contributed by atoms with van der Waals surface area (Å²) in [4.78, 5) is 57.0. The van der Waals surface area contributed by atoms with Gasteiger partial charge in [0, 0.05) is 24.7 Å². The molecule has 0 aliphatic rings. The van der Waals surface area contributed by atoms with Gasteiger partial charge in [0.25, 0.3) is 0 Å². The highest BCUT2D eigenvalue weighted by molar-refractivity contribution is 5.89. The Balaban J connectivity index is 4.71. The van der Waals surface area contributed by atoms with Crippen molar-refractivity contribution in [3.63, 3.8) is 0 Å². The first-order valence-electron chi connectivity index (χ1n) is 8.19. The van der Waals surface area contributed by atoms with Gasteiger partial charge in [-0.1, -0.05) is 27.7 Å². The van der Waals surface area contributed by atoms with E-state index in [0.29, 0.717) is 0 Å². The number of hydrogen-bond acceptors (Lipinski definition) is 6. The van der Waals surface area contributed by atoms with Crippen LogP contribution in [0.5, 0.6) is 0 Å². The van der Waals surface area contributed by atoms with E-state index in [9.17, 15) is 19.2 Å². The van der Waals surface area contributed by atoms with E-state index in [4.69, 9.17) is 0 Å². The number of hydrogen-bond donors (Lipinski definition) is 0. The van der Waals surface area contributed by atoms with E-state index in [1.165, 1.54) is 0 Å². The van der Waals surface area contributed by atoms with Crippen LogP contribution in [0.2, 0.25) is 0 Å². The SMILES string of the molecule is CC(C)C(=O)CC(C)(C)C(=O)OOC(=O)C(C)(C)CC(=O)C(C)C. The van der Waals surface area contributed by atoms with Crippen LogP contribution in [0.4, 0.5) is 0 Å². The minimum absolute atomic E-state index is 0.00369. The zero-order valence-electron chi connectivity index (χ0n) is 16.0. The van der Waals surface area contributed by atoms with Crippen LogP contribution < -0.4 is 0 Å². The van der Waals surface area contributed by atoms with Gasteiger partial charge in [0.2, 0.25) is 0 Å². The summed E-state index contributed by atoms with van der Waals surface area (Å²) < 4.78 is 0. The summed E-state index contributed by atoms with van der Waals surface area (Å²) in [7, 11) is 0. The van der Waals surface area contributed by atoms with Crippen LogP contribution in [0.25, 0.3) is 0 Å². The van der Waals surface area contributed by atoms with Crippen molar-refractivity contribution in [1.29, 1.82) is 0 Å². The highest BCUT2D eigenvalue weighted by Gasteiger charge is 2.38. The van der Waals surface area contributed by atoms with Crippen molar-refractivity contribution in [2.45, 2.75) is 68.2 Å². The number of carbonyl (C=O) groups excluding carboxylic acids is 4. The van der Waals surface area contributed by atoms with Crippen LogP contribution in [0.15, 0.2) is 0 Å². The van der Waals surface area contributed by atoms with Crippen LogP contribution >= 0.6 is 0 Å². The predicted molar refractivity (Wildman–Crippen MR) is 88.7 cm³/mol. The van der Waals surface area contributed by atoms with Crippen molar-refractivity contribution in [3.05, 3.63) is 0 Å². The summed E-state index contributed by atoms with van der Waals surface area (Å²) in [6, 6.07) is 0. The fraction of sp³-hybridized carbons (Fsp3) is 0.778. The molecule has 138 valence electrons. The van der Waals surface area contributed by atoms with E-state index < -0.39 is 22.8 Å². The third-order valence-corrected chi connectivity index (χ3v) is 3.82. The maximum absolute atomic E-state index is 12.1. The fourth-order valence-corrected chi connectivity index (χ4v) is 1.73. The molecule has 0 radical (unpaired) electrons.